The van der Waals surface area contributed by atoms with Gasteiger partial charge in [-0.2, -0.15) is 5.10 Å². The van der Waals surface area contributed by atoms with Crippen molar-refractivity contribution >= 4 is 62.4 Å². The summed E-state index contributed by atoms with van der Waals surface area (Å²) in [4.78, 5) is 23.1. The quantitative estimate of drug-likeness (QED) is 0.220. The molecule has 1 N–H and O–H groups in total. The van der Waals surface area contributed by atoms with Gasteiger partial charge in [-0.3, -0.25) is 14.9 Å². The zero-order chi connectivity index (χ0) is 21.3. The molecule has 2 aromatic carbocycles. The summed E-state index contributed by atoms with van der Waals surface area (Å²) in [6.45, 7) is 0. The third kappa shape index (κ3) is 4.20. The maximum atomic E-state index is 12.3. The number of amides is 1. The zero-order valence-electron chi connectivity index (χ0n) is 15.0. The van der Waals surface area contributed by atoms with Crippen LogP contribution in [0.2, 0.25) is 10.0 Å². The maximum absolute atomic E-state index is 12.3. The highest BCUT2D eigenvalue weighted by molar-refractivity contribution is 7.20. The van der Waals surface area contributed by atoms with Crippen LogP contribution >= 0.6 is 34.5 Å². The topological polar surface area (TPSA) is 97.7 Å². The Morgan fingerprint density at radius 3 is 2.77 bits per heavy atom. The number of thiophene rings is 1. The van der Waals surface area contributed by atoms with E-state index in [0.717, 1.165) is 4.70 Å². The number of nitro groups is 1. The lowest BCUT2D eigenvalue weighted by Crippen LogP contribution is -2.15. The van der Waals surface area contributed by atoms with E-state index >= 15 is 0 Å². The van der Waals surface area contributed by atoms with Gasteiger partial charge in [0.25, 0.3) is 11.6 Å². The van der Waals surface area contributed by atoms with Crippen molar-refractivity contribution in [2.24, 2.45) is 5.10 Å². The van der Waals surface area contributed by atoms with Crippen LogP contribution in [0, 0.1) is 10.1 Å². The summed E-state index contributed by atoms with van der Waals surface area (Å²) in [6, 6.07) is 14.5. The number of carbonyl (C=O) groups excluding carboxylic acids is 1. The van der Waals surface area contributed by atoms with E-state index < -0.39 is 10.8 Å². The molecule has 150 valence electrons. The predicted molar refractivity (Wildman–Crippen MR) is 118 cm³/mol. The van der Waals surface area contributed by atoms with E-state index in [9.17, 15) is 14.9 Å². The summed E-state index contributed by atoms with van der Waals surface area (Å²) in [5.41, 5.74) is 3.03. The third-order valence-corrected chi connectivity index (χ3v) is 5.79. The second-order valence-electron chi connectivity index (χ2n) is 6.12. The first-order chi connectivity index (χ1) is 14.4. The first kappa shape index (κ1) is 20.1. The number of rotatable bonds is 5. The molecule has 7 nitrogen and oxygen atoms in total. The molecule has 30 heavy (non-hydrogen) atoms. The minimum atomic E-state index is -0.477. The molecule has 0 bridgehead atoms. The Balaban J connectivity index is 1.46. The predicted octanol–water partition coefficient (Wildman–Crippen LogP) is 6.14. The highest BCUT2D eigenvalue weighted by atomic mass is 35.5. The molecular formula is C20H11Cl2N3O4S. The van der Waals surface area contributed by atoms with Crippen LogP contribution in [-0.2, 0) is 0 Å². The molecule has 4 aromatic rings. The molecule has 2 aromatic heterocycles. The van der Waals surface area contributed by atoms with Gasteiger partial charge < -0.3 is 4.42 Å². The van der Waals surface area contributed by atoms with Crippen LogP contribution in [-0.4, -0.2) is 17.0 Å². The van der Waals surface area contributed by atoms with E-state index in [4.69, 9.17) is 27.6 Å². The number of nitro benzene ring substituents is 1. The Morgan fingerprint density at radius 1 is 1.13 bits per heavy atom. The Kier molecular flexibility index (Phi) is 5.54. The number of hydrogen-bond acceptors (Lipinski definition) is 6. The molecular weight excluding hydrogens is 449 g/mol. The SMILES string of the molecule is O=C(N/N=C\c1ccc(-c2cc(Cl)ccc2Cl)o1)c1cc2cc([N+](=O)[O-])ccc2s1. The Hall–Kier alpha value is -3.20. The number of hydrazone groups is 1. The molecule has 0 atom stereocenters. The summed E-state index contributed by atoms with van der Waals surface area (Å²) < 4.78 is 6.44. The molecule has 1 amide bonds. The number of benzene rings is 2. The number of hydrogen-bond donors (Lipinski definition) is 1. The standard InChI is InChI=1S/C20H11Cl2N3O4S/c21-12-1-4-16(22)15(9-12)17-5-3-14(29-17)10-23-24-20(26)19-8-11-7-13(25(27)28)2-6-18(11)30-19/h1-10H,(H,24,26)/b23-10-. The van der Waals surface area contributed by atoms with Crippen LogP contribution in [0.15, 0.2) is 64.1 Å². The van der Waals surface area contributed by atoms with E-state index in [2.05, 4.69) is 10.5 Å². The van der Waals surface area contributed by atoms with Crippen molar-refractivity contribution in [3.63, 3.8) is 0 Å². The lowest BCUT2D eigenvalue weighted by Gasteiger charge is -2.01. The molecule has 10 heteroatoms. The Labute approximate surface area is 183 Å². The number of nitrogens with one attached hydrogen (secondary N) is 1. The molecule has 0 aliphatic carbocycles. The lowest BCUT2D eigenvalue weighted by atomic mass is 10.2. The first-order valence-electron chi connectivity index (χ1n) is 8.47. The van der Waals surface area contributed by atoms with Crippen LogP contribution in [0.5, 0.6) is 0 Å². The van der Waals surface area contributed by atoms with Gasteiger partial charge in [0, 0.05) is 32.8 Å². The van der Waals surface area contributed by atoms with Gasteiger partial charge >= 0.3 is 0 Å². The van der Waals surface area contributed by atoms with Gasteiger partial charge in [-0.15, -0.1) is 11.3 Å². The van der Waals surface area contributed by atoms with Gasteiger partial charge in [-0.25, -0.2) is 5.43 Å². The number of furan rings is 1. The fraction of sp³-hybridized carbons (Fsp3) is 0. The van der Waals surface area contributed by atoms with Gasteiger partial charge in [0.2, 0.25) is 0 Å². The Bertz CT molecular complexity index is 1310. The number of halogens is 2. The molecule has 0 saturated heterocycles. The second kappa shape index (κ2) is 8.27. The van der Waals surface area contributed by atoms with E-state index in [1.54, 1.807) is 42.5 Å². The highest BCUT2D eigenvalue weighted by Crippen LogP contribution is 2.32. The largest absolute Gasteiger partial charge is 0.455 e. The maximum Gasteiger partial charge on any atom is 0.281 e. The number of nitrogens with zero attached hydrogens (tertiary/aromatic N) is 2. The molecule has 0 aliphatic heterocycles. The van der Waals surface area contributed by atoms with Crippen molar-refractivity contribution in [2.45, 2.75) is 0 Å². The summed E-state index contributed by atoms with van der Waals surface area (Å²) >= 11 is 13.4. The van der Waals surface area contributed by atoms with E-state index in [1.165, 1.54) is 29.7 Å². The van der Waals surface area contributed by atoms with Crippen LogP contribution in [0.1, 0.15) is 15.4 Å². The summed E-state index contributed by atoms with van der Waals surface area (Å²) in [5, 5.41) is 16.4. The lowest BCUT2D eigenvalue weighted by molar-refractivity contribution is -0.384. The molecule has 0 unspecified atom stereocenters. The van der Waals surface area contributed by atoms with Crippen molar-refractivity contribution in [2.75, 3.05) is 0 Å². The third-order valence-electron chi connectivity index (χ3n) is 4.11. The van der Waals surface area contributed by atoms with Gasteiger partial charge in [0.1, 0.15) is 11.5 Å². The second-order valence-corrected chi connectivity index (χ2v) is 8.04. The average molecular weight is 460 g/mol. The number of fused-ring (bicyclic) bond motifs is 1. The van der Waals surface area contributed by atoms with Gasteiger partial charge in [-0.05, 0) is 42.5 Å². The summed E-state index contributed by atoms with van der Waals surface area (Å²) in [5.74, 6) is 0.495. The van der Waals surface area contributed by atoms with Gasteiger partial charge in [0.05, 0.1) is 21.0 Å². The van der Waals surface area contributed by atoms with Crippen molar-refractivity contribution in [3.8, 4) is 11.3 Å². The fourth-order valence-corrected chi connectivity index (χ4v) is 4.03. The van der Waals surface area contributed by atoms with E-state index in [0.29, 0.717) is 37.4 Å². The van der Waals surface area contributed by atoms with Gasteiger partial charge in [-0.1, -0.05) is 23.2 Å². The van der Waals surface area contributed by atoms with Crippen LogP contribution in [0.25, 0.3) is 21.4 Å². The average Bonchev–Trinajstić information content (AvgIpc) is 3.36. The molecule has 0 fully saturated rings. The van der Waals surface area contributed by atoms with E-state index in [-0.39, 0.29) is 5.69 Å². The van der Waals surface area contributed by atoms with Gasteiger partial charge in [0.15, 0.2) is 0 Å². The van der Waals surface area contributed by atoms with Crippen molar-refractivity contribution in [1.82, 2.24) is 5.43 Å². The number of non-ortho nitro benzene ring substituents is 1. The fourth-order valence-electron chi connectivity index (χ4n) is 2.72. The minimum absolute atomic E-state index is 0.0290. The number of carbonyl (C=O) groups is 1. The summed E-state index contributed by atoms with van der Waals surface area (Å²) in [7, 11) is 0. The molecule has 2 heterocycles. The normalized spacial score (nSPS) is 11.3. The van der Waals surface area contributed by atoms with Crippen LogP contribution in [0.4, 0.5) is 5.69 Å². The Morgan fingerprint density at radius 2 is 1.97 bits per heavy atom. The smallest absolute Gasteiger partial charge is 0.281 e. The first-order valence-corrected chi connectivity index (χ1v) is 10.0. The molecule has 0 spiro atoms. The molecule has 0 aliphatic rings. The molecule has 0 saturated carbocycles. The van der Waals surface area contributed by atoms with Crippen LogP contribution < -0.4 is 5.43 Å². The molecule has 0 radical (unpaired) electrons. The molecule has 4 rings (SSSR count). The zero-order valence-corrected chi connectivity index (χ0v) is 17.3. The van der Waals surface area contributed by atoms with Crippen LogP contribution in [0.3, 0.4) is 0 Å². The van der Waals surface area contributed by atoms with Crippen molar-refractivity contribution in [1.29, 1.82) is 0 Å². The monoisotopic (exact) mass is 459 g/mol. The van der Waals surface area contributed by atoms with Crippen molar-refractivity contribution in [3.05, 3.63) is 85.4 Å². The van der Waals surface area contributed by atoms with E-state index in [1.807, 2.05) is 0 Å². The van der Waals surface area contributed by atoms with Crippen molar-refractivity contribution < 1.29 is 14.1 Å². The summed E-state index contributed by atoms with van der Waals surface area (Å²) in [6.07, 6.45) is 1.36. The highest BCUT2D eigenvalue weighted by Gasteiger charge is 2.13. The minimum Gasteiger partial charge on any atom is -0.455 e.